The minimum absolute atomic E-state index is 0.539. The van der Waals surface area contributed by atoms with Crippen LogP contribution in [0, 0.1) is 0 Å². The van der Waals surface area contributed by atoms with Crippen LogP contribution in [0.1, 0.15) is 18.5 Å². The van der Waals surface area contributed by atoms with Gasteiger partial charge >= 0.3 is 0 Å². The molecular formula is C19H16N4O2S. The molecule has 1 N–H and O–H groups in total. The highest BCUT2D eigenvalue weighted by atomic mass is 32.2. The van der Waals surface area contributed by atoms with Crippen molar-refractivity contribution in [3.05, 3.63) is 54.4 Å². The molecule has 0 atom stereocenters. The highest BCUT2D eigenvalue weighted by Gasteiger charge is 2.22. The lowest BCUT2D eigenvalue weighted by Crippen LogP contribution is -2.05. The van der Waals surface area contributed by atoms with Crippen molar-refractivity contribution in [3.63, 3.8) is 0 Å². The van der Waals surface area contributed by atoms with Gasteiger partial charge in [-0.3, -0.25) is 0 Å². The summed E-state index contributed by atoms with van der Waals surface area (Å²) in [6, 6.07) is 14.2. The van der Waals surface area contributed by atoms with Crippen molar-refractivity contribution in [2.45, 2.75) is 29.8 Å². The molecule has 1 aromatic carbocycles. The van der Waals surface area contributed by atoms with Crippen LogP contribution in [-0.4, -0.2) is 21.2 Å². The van der Waals surface area contributed by atoms with Gasteiger partial charge in [-0.15, -0.1) is 0 Å². The van der Waals surface area contributed by atoms with Crippen LogP contribution in [0.15, 0.2) is 62.8 Å². The van der Waals surface area contributed by atoms with Crippen molar-refractivity contribution in [2.75, 3.05) is 5.32 Å². The molecule has 3 aromatic heterocycles. The zero-order chi connectivity index (χ0) is 17.3. The van der Waals surface area contributed by atoms with Crippen LogP contribution in [0.4, 0.5) is 5.82 Å². The molecule has 6 nitrogen and oxygen atoms in total. The van der Waals surface area contributed by atoms with Gasteiger partial charge in [-0.2, -0.15) is 0 Å². The molecule has 0 spiro atoms. The maximum absolute atomic E-state index is 5.34. The van der Waals surface area contributed by atoms with Gasteiger partial charge in [0.2, 0.25) is 5.76 Å². The second-order valence-electron chi connectivity index (χ2n) is 6.24. The van der Waals surface area contributed by atoms with E-state index in [9.17, 15) is 0 Å². The standard InChI is InChI=1S/C19H16N4O2S/c1-2-5-15-14(4-1)18(20-12-7-8-12)22-19(21-15)26-11-13-10-17(25-23-13)16-6-3-9-24-16/h1-6,9-10,12H,7-8,11H2,(H,20,21,22). The number of benzene rings is 1. The average molecular weight is 364 g/mol. The minimum atomic E-state index is 0.539. The smallest absolute Gasteiger partial charge is 0.202 e. The number of fused-ring (bicyclic) bond motifs is 1. The number of nitrogens with one attached hydrogen (secondary N) is 1. The van der Waals surface area contributed by atoms with E-state index in [0.29, 0.717) is 23.3 Å². The van der Waals surface area contributed by atoms with E-state index < -0.39 is 0 Å². The number of hydrogen-bond donors (Lipinski definition) is 1. The molecule has 0 saturated heterocycles. The minimum Gasteiger partial charge on any atom is -0.461 e. The Balaban J connectivity index is 1.37. The van der Waals surface area contributed by atoms with E-state index in [0.717, 1.165) is 27.6 Å². The summed E-state index contributed by atoms with van der Waals surface area (Å²) in [6.07, 6.45) is 4.02. The van der Waals surface area contributed by atoms with Crippen molar-refractivity contribution in [2.24, 2.45) is 0 Å². The third kappa shape index (κ3) is 3.17. The Morgan fingerprint density at radius 2 is 2.00 bits per heavy atom. The van der Waals surface area contributed by atoms with E-state index in [1.54, 1.807) is 18.0 Å². The number of thioether (sulfide) groups is 1. The van der Waals surface area contributed by atoms with E-state index in [2.05, 4.69) is 21.5 Å². The number of rotatable bonds is 6. The van der Waals surface area contributed by atoms with E-state index in [1.165, 1.54) is 12.8 Å². The van der Waals surface area contributed by atoms with Gasteiger partial charge in [0.05, 0.1) is 17.5 Å². The predicted octanol–water partition coefficient (Wildman–Crippen LogP) is 4.74. The van der Waals surface area contributed by atoms with Gasteiger partial charge in [0, 0.05) is 23.2 Å². The van der Waals surface area contributed by atoms with Crippen LogP contribution >= 0.6 is 11.8 Å². The molecule has 5 rings (SSSR count). The first-order chi connectivity index (χ1) is 12.8. The summed E-state index contributed by atoms with van der Waals surface area (Å²) in [5.74, 6) is 2.84. The SMILES string of the molecule is c1coc(-c2cc(CSc3nc(NC4CC4)c4ccccc4n3)no2)c1. The second kappa shape index (κ2) is 6.49. The fourth-order valence-electron chi connectivity index (χ4n) is 2.70. The van der Waals surface area contributed by atoms with E-state index >= 15 is 0 Å². The summed E-state index contributed by atoms with van der Waals surface area (Å²) >= 11 is 1.55. The molecule has 4 aromatic rings. The monoisotopic (exact) mass is 364 g/mol. The van der Waals surface area contributed by atoms with Crippen LogP contribution in [0.5, 0.6) is 0 Å². The van der Waals surface area contributed by atoms with E-state index in [4.69, 9.17) is 13.9 Å². The molecule has 1 saturated carbocycles. The van der Waals surface area contributed by atoms with Crippen LogP contribution in [0.2, 0.25) is 0 Å². The fourth-order valence-corrected chi connectivity index (χ4v) is 3.44. The second-order valence-corrected chi connectivity index (χ2v) is 7.18. The Morgan fingerprint density at radius 3 is 2.85 bits per heavy atom. The number of hydrogen-bond acceptors (Lipinski definition) is 7. The molecule has 130 valence electrons. The number of aromatic nitrogens is 3. The molecule has 1 fully saturated rings. The third-order valence-electron chi connectivity index (χ3n) is 4.17. The molecular weight excluding hydrogens is 348 g/mol. The normalized spacial score (nSPS) is 14.0. The molecule has 7 heteroatoms. The summed E-state index contributed by atoms with van der Waals surface area (Å²) < 4.78 is 10.7. The summed E-state index contributed by atoms with van der Waals surface area (Å²) in [6.45, 7) is 0. The predicted molar refractivity (Wildman–Crippen MR) is 99.9 cm³/mol. The van der Waals surface area contributed by atoms with Gasteiger partial charge in [-0.25, -0.2) is 9.97 Å². The maximum Gasteiger partial charge on any atom is 0.202 e. The summed E-state index contributed by atoms with van der Waals surface area (Å²) in [7, 11) is 0. The van der Waals surface area contributed by atoms with Crippen LogP contribution < -0.4 is 5.32 Å². The van der Waals surface area contributed by atoms with Gasteiger partial charge in [0.25, 0.3) is 0 Å². The van der Waals surface area contributed by atoms with Crippen molar-refractivity contribution in [1.82, 2.24) is 15.1 Å². The van der Waals surface area contributed by atoms with Gasteiger partial charge in [0.1, 0.15) is 5.82 Å². The lowest BCUT2D eigenvalue weighted by Gasteiger charge is -2.09. The van der Waals surface area contributed by atoms with Gasteiger partial charge in [-0.1, -0.05) is 29.1 Å². The van der Waals surface area contributed by atoms with Crippen molar-refractivity contribution >= 4 is 28.5 Å². The quantitative estimate of drug-likeness (QED) is 0.391. The van der Waals surface area contributed by atoms with Crippen molar-refractivity contribution < 1.29 is 8.94 Å². The first-order valence-corrected chi connectivity index (χ1v) is 9.49. The fraction of sp³-hybridized carbons (Fsp3) is 0.211. The van der Waals surface area contributed by atoms with E-state index in [1.807, 2.05) is 36.4 Å². The first-order valence-electron chi connectivity index (χ1n) is 8.51. The Kier molecular flexibility index (Phi) is 3.86. The molecule has 0 bridgehead atoms. The van der Waals surface area contributed by atoms with Crippen LogP contribution in [-0.2, 0) is 5.75 Å². The van der Waals surface area contributed by atoms with Crippen LogP contribution in [0.3, 0.4) is 0 Å². The number of nitrogens with zero attached hydrogens (tertiary/aromatic N) is 3. The summed E-state index contributed by atoms with van der Waals surface area (Å²) in [5, 5.41) is 9.40. The molecule has 0 aliphatic heterocycles. The van der Waals surface area contributed by atoms with Crippen molar-refractivity contribution in [3.8, 4) is 11.5 Å². The first kappa shape index (κ1) is 15.5. The molecule has 3 heterocycles. The average Bonchev–Trinajstić information content (AvgIpc) is 3.13. The van der Waals surface area contributed by atoms with Crippen molar-refractivity contribution in [1.29, 1.82) is 0 Å². The van der Waals surface area contributed by atoms with E-state index in [-0.39, 0.29) is 0 Å². The van der Waals surface area contributed by atoms with Gasteiger partial charge in [0.15, 0.2) is 10.9 Å². The molecule has 0 amide bonds. The highest BCUT2D eigenvalue weighted by molar-refractivity contribution is 7.98. The zero-order valence-corrected chi connectivity index (χ0v) is 14.7. The Hall–Kier alpha value is -2.80. The lowest BCUT2D eigenvalue weighted by molar-refractivity contribution is 0.413. The van der Waals surface area contributed by atoms with Gasteiger partial charge in [-0.05, 0) is 37.1 Å². The zero-order valence-electron chi connectivity index (χ0n) is 13.9. The van der Waals surface area contributed by atoms with Gasteiger partial charge < -0.3 is 14.3 Å². The summed E-state index contributed by atoms with van der Waals surface area (Å²) in [4.78, 5) is 9.39. The molecule has 1 aliphatic carbocycles. The number of para-hydroxylation sites is 1. The van der Waals surface area contributed by atoms with Crippen LogP contribution in [0.25, 0.3) is 22.4 Å². The number of anilines is 1. The highest BCUT2D eigenvalue weighted by Crippen LogP contribution is 2.31. The Bertz CT molecular complexity index is 1040. The third-order valence-corrected chi connectivity index (χ3v) is 5.05. The lowest BCUT2D eigenvalue weighted by atomic mass is 10.2. The topological polar surface area (TPSA) is 77.0 Å². The molecule has 26 heavy (non-hydrogen) atoms. The number of furan rings is 1. The maximum atomic E-state index is 5.34. The summed E-state index contributed by atoms with van der Waals surface area (Å²) in [5.41, 5.74) is 1.78. The Labute approximate surface area is 154 Å². The molecule has 1 aliphatic rings. The largest absolute Gasteiger partial charge is 0.461 e. The molecule has 0 radical (unpaired) electrons. The Morgan fingerprint density at radius 1 is 1.08 bits per heavy atom. The molecule has 0 unspecified atom stereocenters.